The van der Waals surface area contributed by atoms with E-state index in [4.69, 9.17) is 0 Å². The summed E-state index contributed by atoms with van der Waals surface area (Å²) in [5.41, 5.74) is 1.50. The Morgan fingerprint density at radius 1 is 1.26 bits per heavy atom. The minimum atomic E-state index is -4.66. The molecule has 0 aliphatic carbocycles. The summed E-state index contributed by atoms with van der Waals surface area (Å²) in [5.74, 6) is -0.234. The van der Waals surface area contributed by atoms with Gasteiger partial charge in [0.1, 0.15) is 10.8 Å². The van der Waals surface area contributed by atoms with Gasteiger partial charge in [-0.15, -0.1) is 24.5 Å². The third kappa shape index (κ3) is 3.93. The van der Waals surface area contributed by atoms with Crippen LogP contribution in [-0.2, 0) is 6.54 Å². The normalized spacial score (nSPS) is 11.6. The molecule has 0 unspecified atom stereocenters. The van der Waals surface area contributed by atoms with Gasteiger partial charge in [-0.2, -0.15) is 0 Å². The number of nitrogens with one attached hydrogen (secondary N) is 1. The van der Waals surface area contributed by atoms with Gasteiger partial charge in [-0.3, -0.25) is 0 Å². The molecule has 0 radical (unpaired) electrons. The molecule has 0 fully saturated rings. The van der Waals surface area contributed by atoms with Crippen molar-refractivity contribution < 1.29 is 17.9 Å². The number of alkyl halides is 3. The van der Waals surface area contributed by atoms with Gasteiger partial charge < -0.3 is 10.1 Å². The Balaban J connectivity index is 2.13. The highest BCUT2D eigenvalue weighted by atomic mass is 32.1. The molecule has 0 aliphatic heterocycles. The minimum Gasteiger partial charge on any atom is -0.406 e. The Kier molecular flexibility index (Phi) is 4.06. The molecule has 1 heterocycles. The third-order valence-corrected chi connectivity index (χ3v) is 3.11. The number of halogens is 3. The van der Waals surface area contributed by atoms with Gasteiger partial charge >= 0.3 is 6.36 Å². The van der Waals surface area contributed by atoms with Gasteiger partial charge in [0.2, 0.25) is 0 Å². The van der Waals surface area contributed by atoms with E-state index in [1.807, 2.05) is 12.4 Å². The van der Waals surface area contributed by atoms with Crippen LogP contribution in [0.3, 0.4) is 0 Å². The third-order valence-electron chi connectivity index (χ3n) is 2.26. The summed E-state index contributed by atoms with van der Waals surface area (Å²) in [6.07, 6.45) is -4.66. The largest absolute Gasteiger partial charge is 0.573 e. The quantitative estimate of drug-likeness (QED) is 0.936. The molecule has 0 aliphatic rings. The number of ether oxygens (including phenoxy) is 1. The van der Waals surface area contributed by atoms with Gasteiger partial charge in [-0.05, 0) is 31.3 Å². The van der Waals surface area contributed by atoms with Crippen LogP contribution in [0.4, 0.5) is 13.2 Å². The number of nitrogens with zero attached hydrogens (tertiary/aromatic N) is 1. The fourth-order valence-electron chi connectivity index (χ4n) is 1.50. The second-order valence-electron chi connectivity index (χ2n) is 3.73. The highest BCUT2D eigenvalue weighted by Crippen LogP contribution is 2.27. The zero-order valence-corrected chi connectivity index (χ0v) is 10.8. The highest BCUT2D eigenvalue weighted by molar-refractivity contribution is 7.09. The molecule has 0 amide bonds. The Bertz CT molecular complexity index is 537. The Labute approximate surface area is 112 Å². The Morgan fingerprint density at radius 2 is 1.95 bits per heavy atom. The van der Waals surface area contributed by atoms with Gasteiger partial charge in [-0.1, -0.05) is 0 Å². The molecule has 102 valence electrons. The molecule has 7 heteroatoms. The van der Waals surface area contributed by atoms with E-state index in [0.717, 1.165) is 16.3 Å². The fourth-order valence-corrected chi connectivity index (χ4v) is 2.32. The van der Waals surface area contributed by atoms with Crippen LogP contribution in [0.1, 0.15) is 5.01 Å². The molecule has 0 atom stereocenters. The highest BCUT2D eigenvalue weighted by Gasteiger charge is 2.30. The van der Waals surface area contributed by atoms with Crippen LogP contribution in [0.2, 0.25) is 0 Å². The van der Waals surface area contributed by atoms with Crippen LogP contribution < -0.4 is 10.1 Å². The van der Waals surface area contributed by atoms with E-state index in [-0.39, 0.29) is 5.75 Å². The summed E-state index contributed by atoms with van der Waals surface area (Å²) in [6.45, 7) is 0.667. The second-order valence-corrected chi connectivity index (χ2v) is 4.67. The van der Waals surface area contributed by atoms with Crippen molar-refractivity contribution in [1.82, 2.24) is 10.3 Å². The average molecular weight is 288 g/mol. The maximum atomic E-state index is 12.0. The van der Waals surface area contributed by atoms with Crippen LogP contribution in [0, 0.1) is 0 Å². The molecule has 2 rings (SSSR count). The van der Waals surface area contributed by atoms with Gasteiger partial charge in [0.05, 0.1) is 5.69 Å². The van der Waals surface area contributed by atoms with E-state index >= 15 is 0 Å². The van der Waals surface area contributed by atoms with Crippen molar-refractivity contribution in [3.63, 3.8) is 0 Å². The standard InChI is InChI=1S/C12H11F3N2OS/c1-16-6-11-17-10(7-19-11)8-2-4-9(5-3-8)18-12(13,14)15/h2-5,7,16H,6H2,1H3. The van der Waals surface area contributed by atoms with Crippen molar-refractivity contribution in [1.29, 1.82) is 0 Å². The minimum absolute atomic E-state index is 0.234. The maximum absolute atomic E-state index is 12.0. The molecular weight excluding hydrogens is 277 g/mol. The monoisotopic (exact) mass is 288 g/mol. The first-order valence-corrected chi connectivity index (χ1v) is 6.31. The first kappa shape index (κ1) is 13.8. The summed E-state index contributed by atoms with van der Waals surface area (Å²) >= 11 is 1.50. The molecule has 0 saturated heterocycles. The first-order valence-electron chi connectivity index (χ1n) is 5.43. The van der Waals surface area contributed by atoms with Crippen molar-refractivity contribution in [2.45, 2.75) is 12.9 Å². The summed E-state index contributed by atoms with van der Waals surface area (Å²) in [6, 6.07) is 5.67. The van der Waals surface area contributed by atoms with Crippen LogP contribution >= 0.6 is 11.3 Å². The van der Waals surface area contributed by atoms with Crippen molar-refractivity contribution in [3.05, 3.63) is 34.7 Å². The number of thiazole rings is 1. The topological polar surface area (TPSA) is 34.2 Å². The van der Waals surface area contributed by atoms with E-state index in [0.29, 0.717) is 6.54 Å². The lowest BCUT2D eigenvalue weighted by Crippen LogP contribution is -2.16. The molecule has 0 bridgehead atoms. The van der Waals surface area contributed by atoms with Gasteiger partial charge in [-0.25, -0.2) is 4.98 Å². The molecule has 19 heavy (non-hydrogen) atoms. The lowest BCUT2D eigenvalue weighted by molar-refractivity contribution is -0.274. The number of benzene rings is 1. The lowest BCUT2D eigenvalue weighted by atomic mass is 10.2. The predicted octanol–water partition coefficient (Wildman–Crippen LogP) is 3.43. The molecule has 0 spiro atoms. The number of hydrogen-bond acceptors (Lipinski definition) is 4. The molecule has 2 aromatic rings. The number of hydrogen-bond donors (Lipinski definition) is 1. The van der Waals surface area contributed by atoms with Crippen LogP contribution in [0.25, 0.3) is 11.3 Å². The van der Waals surface area contributed by atoms with Crippen LogP contribution in [0.15, 0.2) is 29.6 Å². The SMILES string of the molecule is CNCc1nc(-c2ccc(OC(F)(F)F)cc2)cs1. The van der Waals surface area contributed by atoms with Crippen molar-refractivity contribution in [2.75, 3.05) is 7.05 Å². The maximum Gasteiger partial charge on any atom is 0.573 e. The smallest absolute Gasteiger partial charge is 0.406 e. The summed E-state index contributed by atoms with van der Waals surface area (Å²) < 4.78 is 39.8. The lowest BCUT2D eigenvalue weighted by Gasteiger charge is -2.08. The van der Waals surface area contributed by atoms with Gasteiger partial charge in [0.25, 0.3) is 0 Å². The van der Waals surface area contributed by atoms with Gasteiger partial charge in [0, 0.05) is 17.5 Å². The first-order chi connectivity index (χ1) is 8.98. The van der Waals surface area contributed by atoms with E-state index in [1.165, 1.54) is 23.5 Å². The summed E-state index contributed by atoms with van der Waals surface area (Å²) in [4.78, 5) is 4.37. The summed E-state index contributed by atoms with van der Waals surface area (Å²) in [7, 11) is 1.82. The van der Waals surface area contributed by atoms with Crippen LogP contribution in [-0.4, -0.2) is 18.4 Å². The fraction of sp³-hybridized carbons (Fsp3) is 0.250. The van der Waals surface area contributed by atoms with E-state index in [2.05, 4.69) is 15.0 Å². The van der Waals surface area contributed by atoms with E-state index in [9.17, 15) is 13.2 Å². The zero-order valence-electron chi connectivity index (χ0n) is 9.99. The Hall–Kier alpha value is -1.60. The molecule has 1 aromatic carbocycles. The van der Waals surface area contributed by atoms with Crippen molar-refractivity contribution in [2.24, 2.45) is 0 Å². The van der Waals surface area contributed by atoms with Crippen molar-refractivity contribution >= 4 is 11.3 Å². The predicted molar refractivity (Wildman–Crippen MR) is 67.0 cm³/mol. The zero-order chi connectivity index (χ0) is 13.9. The average Bonchev–Trinajstić information content (AvgIpc) is 2.77. The Morgan fingerprint density at radius 3 is 2.53 bits per heavy atom. The molecular formula is C12H11F3N2OS. The second kappa shape index (κ2) is 5.58. The van der Waals surface area contributed by atoms with Gasteiger partial charge in [0.15, 0.2) is 0 Å². The number of aromatic nitrogens is 1. The molecule has 1 aromatic heterocycles. The number of rotatable bonds is 4. The van der Waals surface area contributed by atoms with Crippen molar-refractivity contribution in [3.8, 4) is 17.0 Å². The summed E-state index contributed by atoms with van der Waals surface area (Å²) in [5, 5.41) is 5.78. The molecule has 3 nitrogen and oxygen atoms in total. The van der Waals surface area contributed by atoms with Crippen LogP contribution in [0.5, 0.6) is 5.75 Å². The van der Waals surface area contributed by atoms with E-state index in [1.54, 1.807) is 12.1 Å². The molecule has 0 saturated carbocycles. The van der Waals surface area contributed by atoms with E-state index < -0.39 is 6.36 Å². The molecule has 1 N–H and O–H groups in total.